The van der Waals surface area contributed by atoms with Crippen LogP contribution in [-0.2, 0) is 14.4 Å². The Labute approximate surface area is 151 Å². The van der Waals surface area contributed by atoms with Gasteiger partial charge >= 0.3 is 5.97 Å². The van der Waals surface area contributed by atoms with Crippen molar-refractivity contribution in [3.8, 4) is 0 Å². The molecule has 138 valence electrons. The highest BCUT2D eigenvalue weighted by molar-refractivity contribution is 5.82. The van der Waals surface area contributed by atoms with Gasteiger partial charge in [-0.3, -0.25) is 9.59 Å². The summed E-state index contributed by atoms with van der Waals surface area (Å²) in [6.45, 7) is 1.83. The van der Waals surface area contributed by atoms with Gasteiger partial charge in [0.15, 0.2) is 5.60 Å². The Kier molecular flexibility index (Phi) is 4.82. The molecule has 0 aromatic heterocycles. The molecule has 3 rings (SSSR count). The first-order valence-electron chi connectivity index (χ1n) is 8.61. The standard InChI is InChI=1S/C19H22N2O5/c1-13(22)21-9-6-14-4-2-3-5-15(14)16(21)12-17(23)20-10-7-19(26,8-11-20)18(24)25/h2-6,9,16,26H,7-8,10-12H2,1H3,(H,24,25). The third kappa shape index (κ3) is 3.35. The van der Waals surface area contributed by atoms with Crippen LogP contribution in [0.25, 0.3) is 6.08 Å². The number of likely N-dealkylation sites (tertiary alicyclic amines) is 1. The van der Waals surface area contributed by atoms with E-state index in [4.69, 9.17) is 5.11 Å². The molecule has 7 nitrogen and oxygen atoms in total. The number of nitrogens with zero attached hydrogens (tertiary/aromatic N) is 2. The highest BCUT2D eigenvalue weighted by atomic mass is 16.4. The number of hydrogen-bond donors (Lipinski definition) is 2. The van der Waals surface area contributed by atoms with Crippen LogP contribution in [0.3, 0.4) is 0 Å². The second-order valence-corrected chi connectivity index (χ2v) is 6.81. The van der Waals surface area contributed by atoms with Gasteiger partial charge in [-0.15, -0.1) is 0 Å². The number of rotatable bonds is 3. The van der Waals surface area contributed by atoms with E-state index in [0.717, 1.165) is 11.1 Å². The molecule has 2 heterocycles. The molecule has 7 heteroatoms. The number of carbonyl (C=O) groups is 3. The SMILES string of the molecule is CC(=O)N1C=Cc2ccccc2C1CC(=O)N1CCC(O)(C(=O)O)CC1. The fourth-order valence-corrected chi connectivity index (χ4v) is 3.55. The van der Waals surface area contributed by atoms with E-state index in [2.05, 4.69) is 0 Å². The number of carbonyl (C=O) groups excluding carboxylic acids is 2. The van der Waals surface area contributed by atoms with Crippen LogP contribution in [-0.4, -0.2) is 56.5 Å². The molecule has 1 saturated heterocycles. The van der Waals surface area contributed by atoms with Gasteiger partial charge in [-0.25, -0.2) is 4.79 Å². The molecular weight excluding hydrogens is 336 g/mol. The molecule has 1 fully saturated rings. The maximum absolute atomic E-state index is 12.8. The lowest BCUT2D eigenvalue weighted by Crippen LogP contribution is -2.51. The molecule has 1 aromatic rings. The van der Waals surface area contributed by atoms with Gasteiger partial charge < -0.3 is 20.0 Å². The summed E-state index contributed by atoms with van der Waals surface area (Å²) in [4.78, 5) is 39.0. The minimum atomic E-state index is -1.76. The number of aliphatic carboxylic acids is 1. The molecule has 26 heavy (non-hydrogen) atoms. The molecule has 0 aliphatic carbocycles. The van der Waals surface area contributed by atoms with Crippen molar-refractivity contribution in [2.75, 3.05) is 13.1 Å². The molecule has 0 radical (unpaired) electrons. The molecule has 0 spiro atoms. The lowest BCUT2D eigenvalue weighted by Gasteiger charge is -2.37. The van der Waals surface area contributed by atoms with Gasteiger partial charge in [0.2, 0.25) is 11.8 Å². The summed E-state index contributed by atoms with van der Waals surface area (Å²) < 4.78 is 0. The Morgan fingerprint density at radius 1 is 1.19 bits per heavy atom. The predicted octanol–water partition coefficient (Wildman–Crippen LogP) is 1.39. The predicted molar refractivity (Wildman–Crippen MR) is 93.8 cm³/mol. The number of amides is 2. The Morgan fingerprint density at radius 2 is 1.85 bits per heavy atom. The molecule has 1 atom stereocenters. The van der Waals surface area contributed by atoms with Crippen LogP contribution in [0.2, 0.25) is 0 Å². The average Bonchev–Trinajstić information content (AvgIpc) is 2.62. The zero-order valence-corrected chi connectivity index (χ0v) is 14.6. The van der Waals surface area contributed by atoms with Crippen molar-refractivity contribution >= 4 is 23.9 Å². The van der Waals surface area contributed by atoms with Gasteiger partial charge in [0.25, 0.3) is 0 Å². The first-order valence-corrected chi connectivity index (χ1v) is 8.61. The molecule has 2 amide bonds. The van der Waals surface area contributed by atoms with Crippen molar-refractivity contribution in [3.05, 3.63) is 41.6 Å². The second kappa shape index (κ2) is 6.92. The minimum absolute atomic E-state index is 0.00561. The number of fused-ring (bicyclic) bond motifs is 1. The molecule has 2 aliphatic rings. The van der Waals surface area contributed by atoms with Gasteiger partial charge in [0.05, 0.1) is 12.5 Å². The van der Waals surface area contributed by atoms with Crippen molar-refractivity contribution in [2.24, 2.45) is 0 Å². The van der Waals surface area contributed by atoms with Gasteiger partial charge in [0, 0.05) is 39.1 Å². The molecule has 1 unspecified atom stereocenters. The Hall–Kier alpha value is -2.67. The zero-order valence-electron chi connectivity index (χ0n) is 14.6. The van der Waals surface area contributed by atoms with Crippen LogP contribution in [0.1, 0.15) is 43.4 Å². The van der Waals surface area contributed by atoms with Gasteiger partial charge in [-0.2, -0.15) is 0 Å². The largest absolute Gasteiger partial charge is 0.479 e. The van der Waals surface area contributed by atoms with E-state index in [1.54, 1.807) is 16.0 Å². The number of hydrogen-bond acceptors (Lipinski definition) is 4. The van der Waals surface area contributed by atoms with Crippen LogP contribution in [0.5, 0.6) is 0 Å². The van der Waals surface area contributed by atoms with Crippen LogP contribution >= 0.6 is 0 Å². The Balaban J connectivity index is 1.74. The number of aliphatic hydroxyl groups is 1. The first kappa shape index (κ1) is 18.1. The van der Waals surface area contributed by atoms with Gasteiger partial charge in [-0.05, 0) is 17.2 Å². The normalized spacial score (nSPS) is 21.2. The monoisotopic (exact) mass is 358 g/mol. The summed E-state index contributed by atoms with van der Waals surface area (Å²) in [5, 5.41) is 19.1. The Bertz CT molecular complexity index is 765. The van der Waals surface area contributed by atoms with E-state index < -0.39 is 11.6 Å². The van der Waals surface area contributed by atoms with Gasteiger partial charge in [0.1, 0.15) is 0 Å². The van der Waals surface area contributed by atoms with E-state index >= 15 is 0 Å². The highest BCUT2D eigenvalue weighted by Gasteiger charge is 2.41. The number of carboxylic acids is 1. The van der Waals surface area contributed by atoms with E-state index in [9.17, 15) is 19.5 Å². The van der Waals surface area contributed by atoms with Crippen molar-refractivity contribution < 1.29 is 24.6 Å². The van der Waals surface area contributed by atoms with Crippen molar-refractivity contribution in [1.82, 2.24) is 9.80 Å². The van der Waals surface area contributed by atoms with Crippen LogP contribution in [0, 0.1) is 0 Å². The van der Waals surface area contributed by atoms with E-state index in [1.807, 2.05) is 30.3 Å². The lowest BCUT2D eigenvalue weighted by atomic mass is 9.90. The van der Waals surface area contributed by atoms with E-state index in [1.165, 1.54) is 6.92 Å². The number of carboxylic acid groups (broad SMARTS) is 1. The van der Waals surface area contributed by atoms with Crippen LogP contribution in [0.4, 0.5) is 0 Å². The molecular formula is C19H22N2O5. The molecule has 2 aliphatic heterocycles. The summed E-state index contributed by atoms with van der Waals surface area (Å²) in [5.74, 6) is -1.55. The maximum atomic E-state index is 12.8. The molecule has 1 aromatic carbocycles. The average molecular weight is 358 g/mol. The summed E-state index contributed by atoms with van der Waals surface area (Å²) in [5.41, 5.74) is 0.127. The van der Waals surface area contributed by atoms with E-state index in [-0.39, 0.29) is 50.2 Å². The Morgan fingerprint density at radius 3 is 2.46 bits per heavy atom. The third-order valence-corrected chi connectivity index (χ3v) is 5.18. The summed E-state index contributed by atoms with van der Waals surface area (Å²) in [6, 6.07) is 7.24. The number of piperidine rings is 1. The topological polar surface area (TPSA) is 98.2 Å². The maximum Gasteiger partial charge on any atom is 0.335 e. The van der Waals surface area contributed by atoms with E-state index in [0.29, 0.717) is 0 Å². The molecule has 0 saturated carbocycles. The molecule has 2 N–H and O–H groups in total. The summed E-state index contributed by atoms with van der Waals surface area (Å²) in [7, 11) is 0. The summed E-state index contributed by atoms with van der Waals surface area (Å²) in [6.07, 6.45) is 3.68. The first-order chi connectivity index (χ1) is 12.3. The van der Waals surface area contributed by atoms with Crippen molar-refractivity contribution in [2.45, 2.75) is 37.8 Å². The molecule has 0 bridgehead atoms. The zero-order chi connectivity index (χ0) is 18.9. The van der Waals surface area contributed by atoms with Crippen LogP contribution < -0.4 is 0 Å². The summed E-state index contributed by atoms with van der Waals surface area (Å²) >= 11 is 0. The van der Waals surface area contributed by atoms with Crippen molar-refractivity contribution in [1.29, 1.82) is 0 Å². The minimum Gasteiger partial charge on any atom is -0.479 e. The quantitative estimate of drug-likeness (QED) is 0.851. The highest BCUT2D eigenvalue weighted by Crippen LogP contribution is 2.34. The smallest absolute Gasteiger partial charge is 0.335 e. The fraction of sp³-hybridized carbons (Fsp3) is 0.421. The van der Waals surface area contributed by atoms with Crippen LogP contribution in [0.15, 0.2) is 30.5 Å². The van der Waals surface area contributed by atoms with Crippen molar-refractivity contribution in [3.63, 3.8) is 0 Å². The number of benzene rings is 1. The third-order valence-electron chi connectivity index (χ3n) is 5.18. The van der Waals surface area contributed by atoms with Gasteiger partial charge in [-0.1, -0.05) is 24.3 Å². The fourth-order valence-electron chi connectivity index (χ4n) is 3.55. The second-order valence-electron chi connectivity index (χ2n) is 6.81. The lowest BCUT2D eigenvalue weighted by molar-refractivity contribution is -0.165.